The van der Waals surface area contributed by atoms with Gasteiger partial charge in [-0.25, -0.2) is 0 Å². The minimum atomic E-state index is -0.639. The number of nitrogens with one attached hydrogen (secondary N) is 1. The zero-order valence-corrected chi connectivity index (χ0v) is 11.5. The summed E-state index contributed by atoms with van der Waals surface area (Å²) < 4.78 is 4.99. The molecule has 1 aliphatic rings. The Hall–Kier alpha value is -1.89. The summed E-state index contributed by atoms with van der Waals surface area (Å²) in [5.74, 6) is -0.652. The van der Waals surface area contributed by atoms with Crippen LogP contribution in [0.3, 0.4) is 0 Å². The number of hydrogen-bond donors (Lipinski definition) is 1. The summed E-state index contributed by atoms with van der Waals surface area (Å²) in [6, 6.07) is 2.88. The van der Waals surface area contributed by atoms with Gasteiger partial charge in [0.25, 0.3) is 5.91 Å². The zero-order valence-electron chi connectivity index (χ0n) is 11.5. The number of rotatable bonds is 6. The molecule has 1 N–H and O–H groups in total. The number of furan rings is 1. The molecule has 0 bridgehead atoms. The molecule has 2 heterocycles. The monoisotopic (exact) mass is 281 g/mol. The van der Waals surface area contributed by atoms with Crippen molar-refractivity contribution >= 4 is 11.8 Å². The Bertz CT molecular complexity index is 480. The zero-order chi connectivity index (χ0) is 14.5. The molecule has 2 rings (SSSR count). The van der Waals surface area contributed by atoms with Crippen LogP contribution in [-0.2, 0) is 0 Å². The van der Waals surface area contributed by atoms with Gasteiger partial charge in [-0.3, -0.25) is 14.9 Å². The molecule has 1 aliphatic heterocycles. The van der Waals surface area contributed by atoms with Gasteiger partial charge >= 0.3 is 5.88 Å². The van der Waals surface area contributed by atoms with E-state index < -0.39 is 10.8 Å². The van der Waals surface area contributed by atoms with Crippen LogP contribution in [0.15, 0.2) is 16.5 Å². The van der Waals surface area contributed by atoms with Crippen LogP contribution >= 0.6 is 0 Å². The molecule has 1 unspecified atom stereocenters. The molecule has 110 valence electrons. The molecule has 20 heavy (non-hydrogen) atoms. The normalized spacial score (nSPS) is 18.1. The van der Waals surface area contributed by atoms with E-state index >= 15 is 0 Å². The molecule has 7 heteroatoms. The highest BCUT2D eigenvalue weighted by Gasteiger charge is 2.25. The van der Waals surface area contributed by atoms with Crippen LogP contribution in [0.1, 0.15) is 36.7 Å². The molecule has 0 spiro atoms. The average Bonchev–Trinajstić information content (AvgIpc) is 3.08. The van der Waals surface area contributed by atoms with Gasteiger partial charge in [0.1, 0.15) is 4.92 Å². The molecule has 0 radical (unpaired) electrons. The fourth-order valence-electron chi connectivity index (χ4n) is 2.42. The van der Waals surface area contributed by atoms with Gasteiger partial charge in [-0.05, 0) is 31.9 Å². The number of carbonyl (C=O) groups is 1. The lowest BCUT2D eigenvalue weighted by atomic mass is 10.2. The minimum absolute atomic E-state index is 0.0307. The van der Waals surface area contributed by atoms with Crippen LogP contribution in [0.5, 0.6) is 0 Å². The highest BCUT2D eigenvalue weighted by Crippen LogP contribution is 2.18. The van der Waals surface area contributed by atoms with Crippen molar-refractivity contribution in [2.24, 2.45) is 0 Å². The van der Waals surface area contributed by atoms with E-state index in [9.17, 15) is 14.9 Å². The van der Waals surface area contributed by atoms with Crippen molar-refractivity contribution in [1.29, 1.82) is 0 Å². The summed E-state index contributed by atoms with van der Waals surface area (Å²) in [5, 5.41) is 13.9. The molecular formula is C13H19N3O4. The maximum atomic E-state index is 12.3. The van der Waals surface area contributed by atoms with E-state index in [4.69, 9.17) is 4.42 Å². The first-order valence-electron chi connectivity index (χ1n) is 6.88. The van der Waals surface area contributed by atoms with Crippen molar-refractivity contribution in [3.63, 3.8) is 0 Å². The Labute approximate surface area is 117 Å². The van der Waals surface area contributed by atoms with Crippen molar-refractivity contribution in [2.45, 2.75) is 32.2 Å². The Morgan fingerprint density at radius 1 is 1.60 bits per heavy atom. The van der Waals surface area contributed by atoms with E-state index in [2.05, 4.69) is 5.32 Å². The average molecular weight is 281 g/mol. The van der Waals surface area contributed by atoms with Crippen LogP contribution in [-0.4, -0.2) is 41.4 Å². The van der Waals surface area contributed by atoms with Crippen LogP contribution in [0, 0.1) is 10.1 Å². The third-order valence-corrected chi connectivity index (χ3v) is 3.37. The number of carbonyl (C=O) groups excluding carboxylic acids is 1. The van der Waals surface area contributed by atoms with Crippen molar-refractivity contribution < 1.29 is 14.1 Å². The van der Waals surface area contributed by atoms with Crippen LogP contribution < -0.4 is 5.32 Å². The smallest absolute Gasteiger partial charge is 0.395 e. The fourth-order valence-corrected chi connectivity index (χ4v) is 2.42. The third-order valence-electron chi connectivity index (χ3n) is 3.37. The second-order valence-electron chi connectivity index (χ2n) is 4.94. The predicted molar refractivity (Wildman–Crippen MR) is 72.6 cm³/mol. The van der Waals surface area contributed by atoms with Crippen molar-refractivity contribution in [1.82, 2.24) is 10.2 Å². The summed E-state index contributed by atoms with van der Waals surface area (Å²) >= 11 is 0. The lowest BCUT2D eigenvalue weighted by Crippen LogP contribution is -2.41. The van der Waals surface area contributed by atoms with Crippen molar-refractivity contribution in [3.05, 3.63) is 28.0 Å². The first kappa shape index (κ1) is 14.5. The van der Waals surface area contributed by atoms with Crippen molar-refractivity contribution in [2.75, 3.05) is 19.6 Å². The quantitative estimate of drug-likeness (QED) is 0.634. The fraction of sp³-hybridized carbons (Fsp3) is 0.615. The highest BCUT2D eigenvalue weighted by molar-refractivity contribution is 5.91. The van der Waals surface area contributed by atoms with E-state index in [1.54, 1.807) is 4.90 Å². The van der Waals surface area contributed by atoms with Crippen LogP contribution in [0.2, 0.25) is 0 Å². The summed E-state index contributed by atoms with van der Waals surface area (Å²) in [6.07, 6.45) is 3.00. The molecule has 1 aromatic heterocycles. The number of nitro groups is 1. The van der Waals surface area contributed by atoms with Gasteiger partial charge in [0.15, 0.2) is 5.76 Å². The van der Waals surface area contributed by atoms with Gasteiger partial charge in [-0.15, -0.1) is 0 Å². The van der Waals surface area contributed by atoms with E-state index in [-0.39, 0.29) is 11.7 Å². The van der Waals surface area contributed by atoms with E-state index in [0.29, 0.717) is 19.1 Å². The van der Waals surface area contributed by atoms with Gasteiger partial charge in [0, 0.05) is 19.1 Å². The molecule has 7 nitrogen and oxygen atoms in total. The third kappa shape index (κ3) is 3.36. The number of amides is 1. The number of hydrogen-bond acceptors (Lipinski definition) is 5. The summed E-state index contributed by atoms with van der Waals surface area (Å²) in [7, 11) is 0. The Balaban J connectivity index is 2.06. The topological polar surface area (TPSA) is 88.6 Å². The maximum absolute atomic E-state index is 12.3. The molecular weight excluding hydrogens is 262 g/mol. The van der Waals surface area contributed by atoms with Gasteiger partial charge in [0.05, 0.1) is 6.07 Å². The van der Waals surface area contributed by atoms with Gasteiger partial charge in [-0.2, -0.15) is 0 Å². The molecule has 1 atom stereocenters. The van der Waals surface area contributed by atoms with E-state index in [1.165, 1.54) is 12.1 Å². The highest BCUT2D eigenvalue weighted by atomic mass is 16.6. The Morgan fingerprint density at radius 2 is 2.40 bits per heavy atom. The second kappa shape index (κ2) is 6.51. The number of nitrogens with zero attached hydrogens (tertiary/aromatic N) is 2. The predicted octanol–water partition coefficient (Wildman–Crippen LogP) is 1.79. The minimum Gasteiger partial charge on any atom is -0.395 e. The van der Waals surface area contributed by atoms with E-state index in [1.807, 2.05) is 6.92 Å². The lowest BCUT2D eigenvalue weighted by Gasteiger charge is -2.24. The SMILES string of the molecule is CCCN(CC1CCCN1)C(=O)c1ccc([N+](=O)[O-])o1. The molecule has 0 saturated carbocycles. The molecule has 0 aromatic carbocycles. The maximum Gasteiger partial charge on any atom is 0.433 e. The standard InChI is InChI=1S/C13H19N3O4/c1-2-8-15(9-10-4-3-7-14-10)13(17)11-5-6-12(20-11)16(18)19/h5-6,10,14H,2-4,7-9H2,1H3. The van der Waals surface area contributed by atoms with Gasteiger partial charge < -0.3 is 14.6 Å². The first-order valence-corrected chi connectivity index (χ1v) is 6.88. The molecule has 1 amide bonds. The molecule has 1 aromatic rings. The van der Waals surface area contributed by atoms with E-state index in [0.717, 1.165) is 25.8 Å². The Kier molecular flexibility index (Phi) is 4.73. The largest absolute Gasteiger partial charge is 0.433 e. The summed E-state index contributed by atoms with van der Waals surface area (Å²) in [5.41, 5.74) is 0. The summed E-state index contributed by atoms with van der Waals surface area (Å²) in [4.78, 5) is 24.0. The van der Waals surface area contributed by atoms with Crippen molar-refractivity contribution in [3.8, 4) is 0 Å². The van der Waals surface area contributed by atoms with Crippen LogP contribution in [0.4, 0.5) is 5.88 Å². The lowest BCUT2D eigenvalue weighted by molar-refractivity contribution is -0.402. The van der Waals surface area contributed by atoms with Gasteiger partial charge in [0.2, 0.25) is 0 Å². The first-order chi connectivity index (χ1) is 9.61. The second-order valence-corrected chi connectivity index (χ2v) is 4.94. The molecule has 1 fully saturated rings. The Morgan fingerprint density at radius 3 is 2.95 bits per heavy atom. The molecule has 0 aliphatic carbocycles. The van der Waals surface area contributed by atoms with Crippen LogP contribution in [0.25, 0.3) is 0 Å². The van der Waals surface area contributed by atoms with Gasteiger partial charge in [-0.1, -0.05) is 6.92 Å². The molecule has 1 saturated heterocycles. The summed E-state index contributed by atoms with van der Waals surface area (Å²) in [6.45, 7) is 4.20.